The Morgan fingerprint density at radius 3 is 2.52 bits per heavy atom. The van der Waals surface area contributed by atoms with Gasteiger partial charge in [0.1, 0.15) is 0 Å². The normalized spacial score (nSPS) is 27.8. The van der Waals surface area contributed by atoms with E-state index in [4.69, 9.17) is 0 Å². The van der Waals surface area contributed by atoms with Crippen LogP contribution < -0.4 is 5.32 Å². The maximum atomic E-state index is 12.7. The molecule has 1 saturated heterocycles. The van der Waals surface area contributed by atoms with E-state index in [-0.39, 0.29) is 12.2 Å². The minimum absolute atomic E-state index is 0.0729. The molecule has 1 amide bonds. The van der Waals surface area contributed by atoms with E-state index in [9.17, 15) is 4.79 Å². The van der Waals surface area contributed by atoms with Gasteiger partial charge >= 0.3 is 0 Å². The van der Waals surface area contributed by atoms with Crippen molar-refractivity contribution in [2.45, 2.75) is 90.8 Å². The molecule has 1 aliphatic heterocycles. The summed E-state index contributed by atoms with van der Waals surface area (Å²) in [7, 11) is 0. The molecule has 2 unspecified atom stereocenters. The van der Waals surface area contributed by atoms with Crippen LogP contribution in [0.15, 0.2) is 0 Å². The second-order valence-electron chi connectivity index (χ2n) is 7.37. The Hall–Kier alpha value is -0.570. The fourth-order valence-corrected chi connectivity index (χ4v) is 3.92. The second kappa shape index (κ2) is 8.17. The van der Waals surface area contributed by atoms with Crippen molar-refractivity contribution in [3.05, 3.63) is 0 Å². The maximum absolute atomic E-state index is 12.7. The molecule has 2 atom stereocenters. The molecule has 2 aliphatic rings. The van der Waals surface area contributed by atoms with Crippen molar-refractivity contribution >= 4 is 5.91 Å². The summed E-state index contributed by atoms with van der Waals surface area (Å²) in [5, 5.41) is 3.59. The van der Waals surface area contributed by atoms with Crippen LogP contribution in [0.25, 0.3) is 0 Å². The highest BCUT2D eigenvalue weighted by Gasteiger charge is 2.39. The van der Waals surface area contributed by atoms with Crippen molar-refractivity contribution in [1.29, 1.82) is 0 Å². The number of nitrogens with one attached hydrogen (secondary N) is 1. The van der Waals surface area contributed by atoms with Crippen LogP contribution in [0.2, 0.25) is 0 Å². The molecule has 2 fully saturated rings. The third-order valence-electron chi connectivity index (χ3n) is 5.27. The predicted molar refractivity (Wildman–Crippen MR) is 88.0 cm³/mol. The molecule has 0 aromatic carbocycles. The lowest BCUT2D eigenvalue weighted by molar-refractivity contribution is -0.130. The predicted octanol–water partition coefficient (Wildman–Crippen LogP) is 3.93. The van der Waals surface area contributed by atoms with Gasteiger partial charge in [-0.15, -0.1) is 0 Å². The molecule has 1 aliphatic carbocycles. The third-order valence-corrected chi connectivity index (χ3v) is 5.27. The Labute approximate surface area is 130 Å². The quantitative estimate of drug-likeness (QED) is 0.771. The van der Waals surface area contributed by atoms with Gasteiger partial charge in [0.2, 0.25) is 5.91 Å². The molecule has 3 heteroatoms. The highest BCUT2D eigenvalue weighted by Crippen LogP contribution is 2.28. The summed E-state index contributed by atoms with van der Waals surface area (Å²) in [6.07, 6.45) is 11.7. The van der Waals surface area contributed by atoms with Gasteiger partial charge in [0.25, 0.3) is 0 Å². The van der Waals surface area contributed by atoms with Crippen molar-refractivity contribution in [2.75, 3.05) is 6.54 Å². The van der Waals surface area contributed by atoms with Gasteiger partial charge in [-0.2, -0.15) is 0 Å². The van der Waals surface area contributed by atoms with Gasteiger partial charge in [0, 0.05) is 6.54 Å². The first-order chi connectivity index (χ1) is 10.1. The van der Waals surface area contributed by atoms with Gasteiger partial charge in [-0.3, -0.25) is 10.1 Å². The summed E-state index contributed by atoms with van der Waals surface area (Å²) < 4.78 is 0. The number of hydrogen-bond acceptors (Lipinski definition) is 2. The van der Waals surface area contributed by atoms with Crippen LogP contribution in [0.3, 0.4) is 0 Å². The van der Waals surface area contributed by atoms with Crippen molar-refractivity contribution < 1.29 is 4.79 Å². The van der Waals surface area contributed by atoms with Gasteiger partial charge in [0.05, 0.1) is 12.2 Å². The second-order valence-corrected chi connectivity index (χ2v) is 7.37. The van der Waals surface area contributed by atoms with Crippen LogP contribution >= 0.6 is 0 Å². The third kappa shape index (κ3) is 4.45. The van der Waals surface area contributed by atoms with Gasteiger partial charge in [-0.05, 0) is 24.7 Å². The highest BCUT2D eigenvalue weighted by atomic mass is 16.2. The number of rotatable bonds is 7. The molecule has 0 aromatic heterocycles. The molecular formula is C18H34N2O. The van der Waals surface area contributed by atoms with Crippen molar-refractivity contribution in [3.8, 4) is 0 Å². The topological polar surface area (TPSA) is 32.3 Å². The summed E-state index contributed by atoms with van der Waals surface area (Å²) in [5.74, 6) is 1.71. The molecule has 1 heterocycles. The summed E-state index contributed by atoms with van der Waals surface area (Å²) >= 11 is 0. The van der Waals surface area contributed by atoms with Crippen LogP contribution in [0, 0.1) is 11.8 Å². The van der Waals surface area contributed by atoms with Gasteiger partial charge in [-0.25, -0.2) is 0 Å². The molecule has 0 aromatic rings. The monoisotopic (exact) mass is 294 g/mol. The Morgan fingerprint density at radius 2 is 1.90 bits per heavy atom. The fraction of sp³-hybridized carbons (Fsp3) is 0.944. The van der Waals surface area contributed by atoms with Crippen molar-refractivity contribution in [3.63, 3.8) is 0 Å². The molecule has 2 rings (SSSR count). The van der Waals surface area contributed by atoms with Crippen LogP contribution in [0.1, 0.15) is 78.6 Å². The lowest BCUT2D eigenvalue weighted by Gasteiger charge is -2.30. The molecule has 1 saturated carbocycles. The zero-order chi connectivity index (χ0) is 15.2. The Morgan fingerprint density at radius 1 is 1.19 bits per heavy atom. The van der Waals surface area contributed by atoms with Gasteiger partial charge in [0.15, 0.2) is 0 Å². The Bertz CT molecular complexity index is 323. The number of unbranched alkanes of at least 4 members (excludes halogenated alkanes) is 1. The Balaban J connectivity index is 1.89. The summed E-state index contributed by atoms with van der Waals surface area (Å²) in [4.78, 5) is 14.8. The first-order valence-electron chi connectivity index (χ1n) is 9.20. The van der Waals surface area contributed by atoms with Crippen LogP contribution in [0.5, 0.6) is 0 Å². The van der Waals surface area contributed by atoms with Crippen LogP contribution in [0.4, 0.5) is 0 Å². The summed E-state index contributed by atoms with van der Waals surface area (Å²) in [6, 6.07) is 0.0729. The van der Waals surface area contributed by atoms with Crippen molar-refractivity contribution in [1.82, 2.24) is 10.2 Å². The van der Waals surface area contributed by atoms with Crippen LogP contribution in [-0.2, 0) is 4.79 Å². The number of amides is 1. The minimum Gasteiger partial charge on any atom is -0.326 e. The van der Waals surface area contributed by atoms with Gasteiger partial charge < -0.3 is 4.90 Å². The van der Waals surface area contributed by atoms with Gasteiger partial charge in [-0.1, -0.05) is 65.7 Å². The SMILES string of the molecule is CCCCC1NC(C(C)C)N(CCC2CCCCC2)C1=O. The Kier molecular flexibility index (Phi) is 6.53. The van der Waals surface area contributed by atoms with E-state index in [0.29, 0.717) is 11.8 Å². The van der Waals surface area contributed by atoms with Crippen molar-refractivity contribution in [2.24, 2.45) is 11.8 Å². The van der Waals surface area contributed by atoms with Crippen LogP contribution in [-0.4, -0.2) is 29.6 Å². The zero-order valence-electron chi connectivity index (χ0n) is 14.2. The molecule has 122 valence electrons. The number of carbonyl (C=O) groups excluding carboxylic acids is 1. The smallest absolute Gasteiger partial charge is 0.241 e. The molecule has 0 bridgehead atoms. The van der Waals surface area contributed by atoms with E-state index in [1.54, 1.807) is 0 Å². The number of hydrogen-bond donors (Lipinski definition) is 1. The van der Waals surface area contributed by atoms with E-state index in [1.807, 2.05) is 0 Å². The van der Waals surface area contributed by atoms with E-state index in [1.165, 1.54) is 44.9 Å². The largest absolute Gasteiger partial charge is 0.326 e. The molecule has 3 nitrogen and oxygen atoms in total. The summed E-state index contributed by atoms with van der Waals surface area (Å²) in [6.45, 7) is 7.60. The number of nitrogens with zero attached hydrogens (tertiary/aromatic N) is 1. The first kappa shape index (κ1) is 16.8. The molecule has 1 N–H and O–H groups in total. The maximum Gasteiger partial charge on any atom is 0.241 e. The lowest BCUT2D eigenvalue weighted by atomic mass is 9.87. The van der Waals surface area contributed by atoms with E-state index in [0.717, 1.165) is 25.3 Å². The first-order valence-corrected chi connectivity index (χ1v) is 9.20. The minimum atomic E-state index is 0.0729. The molecule has 0 spiro atoms. The van der Waals surface area contributed by atoms with E-state index in [2.05, 4.69) is 31.0 Å². The lowest BCUT2D eigenvalue weighted by Crippen LogP contribution is -2.42. The van der Waals surface area contributed by atoms with E-state index < -0.39 is 0 Å². The molecule has 0 radical (unpaired) electrons. The average molecular weight is 294 g/mol. The number of carbonyl (C=O) groups is 1. The average Bonchev–Trinajstić information content (AvgIpc) is 2.81. The molecule has 21 heavy (non-hydrogen) atoms. The van der Waals surface area contributed by atoms with E-state index >= 15 is 0 Å². The highest BCUT2D eigenvalue weighted by molar-refractivity contribution is 5.84. The molecular weight excluding hydrogens is 260 g/mol. The fourth-order valence-electron chi connectivity index (χ4n) is 3.92. The zero-order valence-corrected chi connectivity index (χ0v) is 14.2. The standard InChI is InChI=1S/C18H34N2O/c1-4-5-11-16-18(21)20(17(19-16)14(2)3)13-12-15-9-7-6-8-10-15/h14-17,19H,4-13H2,1-3H3. The summed E-state index contributed by atoms with van der Waals surface area (Å²) in [5.41, 5.74) is 0.